The molecule has 3 rings (SSSR count). The van der Waals surface area contributed by atoms with Crippen LogP contribution in [-0.4, -0.2) is 38.5 Å². The molecule has 0 radical (unpaired) electrons. The number of thioether (sulfide) groups is 2. The number of hydrogen-bond acceptors (Lipinski definition) is 7. The average Bonchev–Trinajstić information content (AvgIpc) is 3.13. The third-order valence-corrected chi connectivity index (χ3v) is 6.62. The Morgan fingerprint density at radius 1 is 1.09 bits per heavy atom. The first-order chi connectivity index (χ1) is 15.8. The third kappa shape index (κ3) is 7.64. The van der Waals surface area contributed by atoms with Gasteiger partial charge in [-0.25, -0.2) is 4.79 Å². The van der Waals surface area contributed by atoms with Gasteiger partial charge in [-0.1, -0.05) is 47.7 Å². The number of aryl methyl sites for hydroxylation is 1. The van der Waals surface area contributed by atoms with E-state index in [1.165, 1.54) is 22.9 Å². The minimum atomic E-state index is -0.415. The molecule has 0 bridgehead atoms. The third-order valence-electron chi connectivity index (χ3n) is 4.60. The molecule has 9 heteroatoms. The minimum absolute atomic E-state index is 0.184. The molecule has 7 nitrogen and oxygen atoms in total. The number of nitrogens with one attached hydrogen (secondary N) is 1. The molecule has 0 saturated carbocycles. The molecule has 1 amide bonds. The van der Waals surface area contributed by atoms with Crippen LogP contribution in [0, 0.1) is 6.92 Å². The van der Waals surface area contributed by atoms with Crippen LogP contribution in [0.2, 0.25) is 0 Å². The fraction of sp³-hybridized carbons (Fsp3) is 0.333. The maximum absolute atomic E-state index is 12.4. The van der Waals surface area contributed by atoms with E-state index in [2.05, 4.69) is 46.7 Å². The Kier molecular flexibility index (Phi) is 8.96. The fourth-order valence-corrected chi connectivity index (χ4v) is 4.57. The first-order valence-corrected chi connectivity index (χ1v) is 12.7. The van der Waals surface area contributed by atoms with Gasteiger partial charge in [-0.2, -0.15) is 0 Å². The van der Waals surface area contributed by atoms with Gasteiger partial charge in [0.1, 0.15) is 5.82 Å². The summed E-state index contributed by atoms with van der Waals surface area (Å²) in [5.74, 6) is 2.09. The zero-order valence-corrected chi connectivity index (χ0v) is 20.8. The van der Waals surface area contributed by atoms with Crippen LogP contribution < -0.4 is 5.32 Å². The molecule has 3 aromatic rings. The molecule has 0 fully saturated rings. The molecule has 1 aromatic heterocycles. The number of aromatic nitrogens is 3. The number of ether oxygens (including phenoxy) is 1. The Labute approximate surface area is 202 Å². The van der Waals surface area contributed by atoms with Crippen molar-refractivity contribution in [2.75, 3.05) is 11.1 Å². The summed E-state index contributed by atoms with van der Waals surface area (Å²) in [4.78, 5) is 24.5. The largest absolute Gasteiger partial charge is 0.459 e. The molecule has 0 spiro atoms. The zero-order chi connectivity index (χ0) is 23.8. The maximum atomic E-state index is 12.4. The van der Waals surface area contributed by atoms with Crippen LogP contribution in [0.4, 0.5) is 5.69 Å². The quantitative estimate of drug-likeness (QED) is 0.325. The van der Waals surface area contributed by atoms with E-state index in [1.54, 1.807) is 49.9 Å². The Hall–Kier alpha value is -2.78. The minimum Gasteiger partial charge on any atom is -0.459 e. The summed E-state index contributed by atoms with van der Waals surface area (Å²) in [5.41, 5.74) is 3.48. The first kappa shape index (κ1) is 24.9. The van der Waals surface area contributed by atoms with Crippen LogP contribution in [0.3, 0.4) is 0 Å². The maximum Gasteiger partial charge on any atom is 0.338 e. The molecule has 1 heterocycles. The van der Waals surface area contributed by atoms with Crippen molar-refractivity contribution in [3.05, 3.63) is 71.0 Å². The SMILES string of the molecule is Cc1ccc(CSCc2nnc(SCC(=O)Nc3cccc(C(=O)OC(C)C)c3)n2C)cc1. The van der Waals surface area contributed by atoms with Gasteiger partial charge in [0.05, 0.1) is 23.2 Å². The van der Waals surface area contributed by atoms with Crippen LogP contribution >= 0.6 is 23.5 Å². The Balaban J connectivity index is 1.48. The molecular weight excluding hydrogens is 456 g/mol. The smallest absolute Gasteiger partial charge is 0.338 e. The highest BCUT2D eigenvalue weighted by Gasteiger charge is 2.13. The van der Waals surface area contributed by atoms with Crippen molar-refractivity contribution in [2.45, 2.75) is 43.5 Å². The first-order valence-electron chi connectivity index (χ1n) is 10.6. The summed E-state index contributed by atoms with van der Waals surface area (Å²) in [6.07, 6.45) is -0.204. The topological polar surface area (TPSA) is 86.1 Å². The van der Waals surface area contributed by atoms with Crippen LogP contribution in [0.5, 0.6) is 0 Å². The molecule has 1 N–H and O–H groups in total. The highest BCUT2D eigenvalue weighted by Crippen LogP contribution is 2.21. The number of anilines is 1. The second kappa shape index (κ2) is 11.9. The lowest BCUT2D eigenvalue weighted by atomic mass is 10.2. The number of nitrogens with zero attached hydrogens (tertiary/aromatic N) is 3. The lowest BCUT2D eigenvalue weighted by Crippen LogP contribution is -2.16. The lowest BCUT2D eigenvalue weighted by molar-refractivity contribution is -0.113. The predicted molar refractivity (Wildman–Crippen MR) is 134 cm³/mol. The highest BCUT2D eigenvalue weighted by atomic mass is 32.2. The van der Waals surface area contributed by atoms with Gasteiger partial charge in [-0.15, -0.1) is 22.0 Å². The number of benzene rings is 2. The van der Waals surface area contributed by atoms with E-state index >= 15 is 0 Å². The van der Waals surface area contributed by atoms with Crippen molar-refractivity contribution in [2.24, 2.45) is 7.05 Å². The van der Waals surface area contributed by atoms with E-state index in [1.807, 2.05) is 11.6 Å². The van der Waals surface area contributed by atoms with Gasteiger partial charge >= 0.3 is 5.97 Å². The van der Waals surface area contributed by atoms with Gasteiger partial charge in [0, 0.05) is 18.5 Å². The van der Waals surface area contributed by atoms with Gasteiger partial charge in [0.2, 0.25) is 5.91 Å². The van der Waals surface area contributed by atoms with Crippen LogP contribution in [0.1, 0.15) is 41.2 Å². The molecule has 2 aromatic carbocycles. The van der Waals surface area contributed by atoms with E-state index in [9.17, 15) is 9.59 Å². The number of rotatable bonds is 10. The molecule has 0 unspecified atom stereocenters. The summed E-state index contributed by atoms with van der Waals surface area (Å²) in [6.45, 7) is 5.67. The summed E-state index contributed by atoms with van der Waals surface area (Å²) >= 11 is 3.10. The lowest BCUT2D eigenvalue weighted by Gasteiger charge is -2.10. The summed E-state index contributed by atoms with van der Waals surface area (Å²) in [7, 11) is 1.91. The van der Waals surface area contributed by atoms with Crippen LogP contribution in [0.25, 0.3) is 0 Å². The van der Waals surface area contributed by atoms with E-state index in [0.29, 0.717) is 16.4 Å². The number of amides is 1. The molecule has 0 saturated heterocycles. The summed E-state index contributed by atoms with van der Waals surface area (Å²) < 4.78 is 7.12. The monoisotopic (exact) mass is 484 g/mol. The second-order valence-corrected chi connectivity index (χ2v) is 9.74. The van der Waals surface area contributed by atoms with E-state index in [4.69, 9.17) is 4.74 Å². The van der Waals surface area contributed by atoms with Gasteiger partial charge in [-0.3, -0.25) is 4.79 Å². The Morgan fingerprint density at radius 3 is 2.58 bits per heavy atom. The van der Waals surface area contributed by atoms with Crippen molar-refractivity contribution in [3.8, 4) is 0 Å². The van der Waals surface area contributed by atoms with Crippen molar-refractivity contribution < 1.29 is 14.3 Å². The predicted octanol–water partition coefficient (Wildman–Crippen LogP) is 4.85. The standard InChI is InChI=1S/C24H28N4O3S2/c1-16(2)31-23(30)19-6-5-7-20(12-19)25-22(29)15-33-24-27-26-21(28(24)4)14-32-13-18-10-8-17(3)9-11-18/h5-12,16H,13-15H2,1-4H3,(H,25,29). The van der Waals surface area contributed by atoms with Crippen molar-refractivity contribution >= 4 is 41.1 Å². The summed E-state index contributed by atoms with van der Waals surface area (Å²) in [5, 5.41) is 12.0. The van der Waals surface area contributed by atoms with Crippen molar-refractivity contribution in [1.29, 1.82) is 0 Å². The summed E-state index contributed by atoms with van der Waals surface area (Å²) in [6, 6.07) is 15.2. The van der Waals surface area contributed by atoms with E-state index < -0.39 is 5.97 Å². The normalized spacial score (nSPS) is 10.9. The van der Waals surface area contributed by atoms with Gasteiger partial charge in [0.25, 0.3) is 0 Å². The van der Waals surface area contributed by atoms with Crippen molar-refractivity contribution in [3.63, 3.8) is 0 Å². The molecule has 0 aliphatic rings. The molecule has 33 heavy (non-hydrogen) atoms. The molecule has 0 aliphatic carbocycles. The van der Waals surface area contributed by atoms with Crippen LogP contribution in [-0.2, 0) is 28.1 Å². The number of carbonyl (C=O) groups excluding carboxylic acids is 2. The highest BCUT2D eigenvalue weighted by molar-refractivity contribution is 7.99. The van der Waals surface area contributed by atoms with Gasteiger partial charge in [0.15, 0.2) is 5.16 Å². The average molecular weight is 485 g/mol. The van der Waals surface area contributed by atoms with Gasteiger partial charge in [-0.05, 0) is 44.5 Å². The Bertz CT molecular complexity index is 1100. The zero-order valence-electron chi connectivity index (χ0n) is 19.2. The number of esters is 1. The molecule has 174 valence electrons. The molecule has 0 aliphatic heterocycles. The van der Waals surface area contributed by atoms with Crippen LogP contribution in [0.15, 0.2) is 53.7 Å². The van der Waals surface area contributed by atoms with E-state index in [-0.39, 0.29) is 17.8 Å². The van der Waals surface area contributed by atoms with E-state index in [0.717, 1.165) is 17.3 Å². The van der Waals surface area contributed by atoms with Gasteiger partial charge < -0.3 is 14.6 Å². The fourth-order valence-electron chi connectivity index (χ4n) is 2.87. The molecule has 0 atom stereocenters. The molecular formula is C24H28N4O3S2. The Morgan fingerprint density at radius 2 is 1.85 bits per heavy atom. The number of hydrogen-bond donors (Lipinski definition) is 1. The second-order valence-electron chi connectivity index (χ2n) is 7.81. The number of carbonyl (C=O) groups is 2. The van der Waals surface area contributed by atoms with Crippen molar-refractivity contribution in [1.82, 2.24) is 14.8 Å².